The van der Waals surface area contributed by atoms with E-state index in [1.807, 2.05) is 0 Å². The molecule has 1 aromatic rings. The Kier molecular flexibility index (Phi) is 5.16. The van der Waals surface area contributed by atoms with E-state index in [2.05, 4.69) is 4.72 Å². The molecule has 0 unspecified atom stereocenters. The van der Waals surface area contributed by atoms with Crippen molar-refractivity contribution in [3.05, 3.63) is 23.2 Å². The summed E-state index contributed by atoms with van der Waals surface area (Å²) in [7, 11) is -7.49. The van der Waals surface area contributed by atoms with Gasteiger partial charge in [0.2, 0.25) is 20.0 Å². The zero-order chi connectivity index (χ0) is 14.7. The lowest BCUT2D eigenvalue weighted by atomic mass is 10.3. The number of primary sulfonamides is 1. The van der Waals surface area contributed by atoms with E-state index in [1.165, 1.54) is 18.2 Å². The Bertz CT molecular complexity index is 638. The molecule has 0 spiro atoms. The molecule has 10 heteroatoms. The zero-order valence-corrected chi connectivity index (χ0v) is 12.2. The third-order valence-electron chi connectivity index (χ3n) is 2.16. The summed E-state index contributed by atoms with van der Waals surface area (Å²) in [5.41, 5.74) is 5.58. The molecular formula is C9H14ClN3O4S2. The fraction of sp³-hybridized carbons (Fsp3) is 0.333. The first-order valence-corrected chi connectivity index (χ1v) is 8.75. The van der Waals surface area contributed by atoms with Gasteiger partial charge in [-0.3, -0.25) is 0 Å². The van der Waals surface area contributed by atoms with Crippen molar-refractivity contribution in [3.8, 4) is 0 Å². The van der Waals surface area contributed by atoms with Gasteiger partial charge < -0.3 is 5.73 Å². The lowest BCUT2D eigenvalue weighted by Crippen LogP contribution is -2.28. The van der Waals surface area contributed by atoms with Gasteiger partial charge in [-0.2, -0.15) is 0 Å². The van der Waals surface area contributed by atoms with Crippen molar-refractivity contribution < 1.29 is 16.8 Å². The van der Waals surface area contributed by atoms with E-state index < -0.39 is 20.0 Å². The van der Waals surface area contributed by atoms with Crippen LogP contribution in [-0.4, -0.2) is 29.1 Å². The van der Waals surface area contributed by atoms with Gasteiger partial charge in [-0.25, -0.2) is 26.7 Å². The molecule has 7 nitrogen and oxygen atoms in total. The Morgan fingerprint density at radius 2 is 1.84 bits per heavy atom. The fourth-order valence-corrected chi connectivity index (χ4v) is 3.65. The predicted octanol–water partition coefficient (Wildman–Crippen LogP) is -0.121. The van der Waals surface area contributed by atoms with E-state index in [4.69, 9.17) is 22.5 Å². The van der Waals surface area contributed by atoms with Crippen LogP contribution >= 0.6 is 11.6 Å². The second-order valence-corrected chi connectivity index (χ2v) is 7.62. The minimum absolute atomic E-state index is 0.000976. The van der Waals surface area contributed by atoms with Crippen LogP contribution in [0.3, 0.4) is 0 Å². The summed E-state index contributed by atoms with van der Waals surface area (Å²) in [4.78, 5) is -0.215. The van der Waals surface area contributed by atoms with Crippen LogP contribution in [0.15, 0.2) is 23.1 Å². The van der Waals surface area contributed by atoms with Gasteiger partial charge in [0, 0.05) is 6.54 Å². The molecule has 0 aliphatic heterocycles. The molecule has 0 heterocycles. The molecule has 19 heavy (non-hydrogen) atoms. The van der Waals surface area contributed by atoms with Crippen molar-refractivity contribution in [1.29, 1.82) is 0 Å². The number of sulfonamides is 2. The second-order valence-electron chi connectivity index (χ2n) is 3.78. The van der Waals surface area contributed by atoms with Gasteiger partial charge in [-0.15, -0.1) is 0 Å². The molecule has 0 saturated heterocycles. The number of nitrogen functional groups attached to an aromatic ring is 1. The third-order valence-corrected chi connectivity index (χ3v) is 5.03. The number of nitrogens with two attached hydrogens (primary N) is 2. The highest BCUT2D eigenvalue weighted by Gasteiger charge is 2.20. The molecule has 108 valence electrons. The van der Waals surface area contributed by atoms with E-state index in [1.54, 1.807) is 0 Å². The molecular weight excluding hydrogens is 314 g/mol. The molecule has 0 aromatic heterocycles. The van der Waals surface area contributed by atoms with Crippen molar-refractivity contribution in [3.63, 3.8) is 0 Å². The van der Waals surface area contributed by atoms with Crippen LogP contribution in [0.1, 0.15) is 6.42 Å². The highest BCUT2D eigenvalue weighted by Crippen LogP contribution is 2.26. The Morgan fingerprint density at radius 1 is 1.21 bits per heavy atom. The number of rotatable bonds is 6. The molecule has 0 bridgehead atoms. The molecule has 5 N–H and O–H groups in total. The van der Waals surface area contributed by atoms with Crippen LogP contribution in [0.25, 0.3) is 0 Å². The van der Waals surface area contributed by atoms with Gasteiger partial charge >= 0.3 is 0 Å². The average Bonchev–Trinajstić information content (AvgIpc) is 2.22. The minimum Gasteiger partial charge on any atom is -0.398 e. The van der Waals surface area contributed by atoms with Gasteiger partial charge in [-0.1, -0.05) is 17.7 Å². The maximum Gasteiger partial charge on any atom is 0.244 e. The smallest absolute Gasteiger partial charge is 0.244 e. The molecule has 0 fully saturated rings. The number of nitrogens with one attached hydrogen (secondary N) is 1. The lowest BCUT2D eigenvalue weighted by molar-refractivity contribution is 0.577. The minimum atomic E-state index is -3.88. The average molecular weight is 328 g/mol. The molecule has 0 amide bonds. The van der Waals surface area contributed by atoms with Crippen LogP contribution in [0, 0.1) is 0 Å². The zero-order valence-electron chi connectivity index (χ0n) is 9.84. The maximum atomic E-state index is 11.9. The highest BCUT2D eigenvalue weighted by molar-refractivity contribution is 7.90. The van der Waals surface area contributed by atoms with Crippen LogP contribution < -0.4 is 15.6 Å². The summed E-state index contributed by atoms with van der Waals surface area (Å²) in [5.74, 6) is -0.312. The van der Waals surface area contributed by atoms with E-state index >= 15 is 0 Å². The molecule has 0 radical (unpaired) electrons. The number of hydrogen-bond donors (Lipinski definition) is 3. The summed E-state index contributed by atoms with van der Waals surface area (Å²) in [6.45, 7) is -0.0799. The fourth-order valence-electron chi connectivity index (χ4n) is 1.36. The van der Waals surface area contributed by atoms with Crippen LogP contribution in [-0.2, 0) is 20.0 Å². The Hall–Kier alpha value is -0.870. The van der Waals surface area contributed by atoms with Crippen molar-refractivity contribution in [2.24, 2.45) is 5.14 Å². The molecule has 0 aliphatic carbocycles. The first-order chi connectivity index (χ1) is 8.63. The summed E-state index contributed by atoms with van der Waals surface area (Å²) in [6.07, 6.45) is 0.0580. The van der Waals surface area contributed by atoms with Gasteiger partial charge in [0.15, 0.2) is 0 Å². The second kappa shape index (κ2) is 6.06. The SMILES string of the molecule is Nc1cccc(Cl)c1S(=O)(=O)NCCCS(N)(=O)=O. The van der Waals surface area contributed by atoms with Crippen molar-refractivity contribution in [1.82, 2.24) is 4.72 Å². The summed E-state index contributed by atoms with van der Waals surface area (Å²) in [5, 5.41) is 4.80. The van der Waals surface area contributed by atoms with E-state index in [0.29, 0.717) is 0 Å². The number of halogens is 1. The molecule has 1 aromatic carbocycles. The highest BCUT2D eigenvalue weighted by atomic mass is 35.5. The van der Waals surface area contributed by atoms with Crippen molar-refractivity contribution in [2.45, 2.75) is 11.3 Å². The lowest BCUT2D eigenvalue weighted by Gasteiger charge is -2.10. The Morgan fingerprint density at radius 3 is 2.37 bits per heavy atom. The van der Waals surface area contributed by atoms with E-state index in [0.717, 1.165) is 0 Å². The molecule has 0 atom stereocenters. The first-order valence-electron chi connectivity index (χ1n) is 5.17. The number of hydrogen-bond acceptors (Lipinski definition) is 5. The van der Waals surface area contributed by atoms with Crippen LogP contribution in [0.4, 0.5) is 5.69 Å². The number of anilines is 1. The summed E-state index contributed by atoms with van der Waals surface area (Å²) in [6, 6.07) is 4.33. The summed E-state index contributed by atoms with van der Waals surface area (Å²) < 4.78 is 47.5. The Labute approximate surface area is 117 Å². The first kappa shape index (κ1) is 16.2. The quantitative estimate of drug-likeness (QED) is 0.495. The van der Waals surface area contributed by atoms with E-state index in [-0.39, 0.29) is 34.3 Å². The topological polar surface area (TPSA) is 132 Å². The van der Waals surface area contributed by atoms with Crippen molar-refractivity contribution in [2.75, 3.05) is 18.0 Å². The molecule has 1 rings (SSSR count). The van der Waals surface area contributed by atoms with Crippen LogP contribution in [0.2, 0.25) is 5.02 Å². The standard InChI is InChI=1S/C9H14ClN3O4S2/c10-7-3-1-4-8(11)9(7)19(16,17)13-5-2-6-18(12,14)15/h1,3-4,13H,2,5-6,11H2,(H2,12,14,15). The molecule has 0 aliphatic rings. The number of benzene rings is 1. The van der Waals surface area contributed by atoms with Gasteiger partial charge in [0.25, 0.3) is 0 Å². The Balaban J connectivity index is 2.77. The van der Waals surface area contributed by atoms with Crippen molar-refractivity contribution >= 4 is 37.3 Å². The normalized spacial score (nSPS) is 12.5. The van der Waals surface area contributed by atoms with Gasteiger partial charge in [0.1, 0.15) is 4.90 Å². The predicted molar refractivity (Wildman–Crippen MR) is 73.6 cm³/mol. The molecule has 0 saturated carbocycles. The third kappa shape index (κ3) is 4.96. The van der Waals surface area contributed by atoms with Gasteiger partial charge in [-0.05, 0) is 18.6 Å². The summed E-state index contributed by atoms with van der Waals surface area (Å²) >= 11 is 5.78. The monoisotopic (exact) mass is 327 g/mol. The maximum absolute atomic E-state index is 11.9. The van der Waals surface area contributed by atoms with Gasteiger partial charge in [0.05, 0.1) is 16.5 Å². The van der Waals surface area contributed by atoms with Crippen LogP contribution in [0.5, 0.6) is 0 Å². The van der Waals surface area contributed by atoms with E-state index in [9.17, 15) is 16.8 Å². The largest absolute Gasteiger partial charge is 0.398 e.